The zero-order valence-corrected chi connectivity index (χ0v) is 17.3. The minimum absolute atomic E-state index is 0.206. The molecule has 0 bridgehead atoms. The van der Waals surface area contributed by atoms with Gasteiger partial charge < -0.3 is 10.7 Å². The third-order valence-electron chi connectivity index (χ3n) is 4.67. The topological polar surface area (TPSA) is 99.7 Å². The average molecular weight is 379 g/mol. The number of imidazole rings is 1. The van der Waals surface area contributed by atoms with Gasteiger partial charge in [-0.25, -0.2) is 4.98 Å². The molecule has 7 nitrogen and oxygen atoms in total. The lowest BCUT2D eigenvalue weighted by Crippen LogP contribution is -2.20. The van der Waals surface area contributed by atoms with Gasteiger partial charge in [-0.15, -0.1) is 5.11 Å². The van der Waals surface area contributed by atoms with Gasteiger partial charge in [0.1, 0.15) is 0 Å². The number of nitrogens with zero attached hydrogens (tertiary/aromatic N) is 4. The molecule has 0 aromatic carbocycles. The van der Waals surface area contributed by atoms with Gasteiger partial charge >= 0.3 is 0 Å². The van der Waals surface area contributed by atoms with E-state index in [2.05, 4.69) is 34.2 Å². The van der Waals surface area contributed by atoms with E-state index < -0.39 is 5.91 Å². The summed E-state index contributed by atoms with van der Waals surface area (Å²) >= 11 is 0. The molecule has 0 aliphatic rings. The molecule has 0 aliphatic carbocycles. The van der Waals surface area contributed by atoms with Crippen molar-refractivity contribution in [3.63, 3.8) is 0 Å². The van der Waals surface area contributed by atoms with Crippen molar-refractivity contribution in [2.75, 3.05) is 13.1 Å². The molecule has 0 aliphatic heterocycles. The van der Waals surface area contributed by atoms with Crippen LogP contribution in [0.1, 0.15) is 101 Å². The summed E-state index contributed by atoms with van der Waals surface area (Å²) in [5.74, 6) is -0.307. The Hall–Kier alpha value is -1.92. The standard InChI is InChI=1S/C20H38N6O/c1-3-5-7-9-11-13-15-26(16-14-12-10-8-6-4-2)25-24-20-18(19(21)27)22-17-23-20/h17H,3-16H2,1-2H3,(H2,21,27)(H,22,23). The number of nitrogens with one attached hydrogen (secondary N) is 1. The maximum absolute atomic E-state index is 11.4. The van der Waals surface area contributed by atoms with E-state index >= 15 is 0 Å². The summed E-state index contributed by atoms with van der Waals surface area (Å²) in [6.07, 6.45) is 16.4. The molecule has 3 N–H and O–H groups in total. The van der Waals surface area contributed by atoms with Gasteiger partial charge in [0.25, 0.3) is 5.91 Å². The third-order valence-corrected chi connectivity index (χ3v) is 4.67. The first-order chi connectivity index (χ1) is 13.2. The van der Waals surface area contributed by atoms with Gasteiger partial charge in [-0.1, -0.05) is 83.3 Å². The van der Waals surface area contributed by atoms with Crippen molar-refractivity contribution in [1.29, 1.82) is 0 Å². The van der Waals surface area contributed by atoms with Crippen LogP contribution in [0.15, 0.2) is 16.7 Å². The Morgan fingerprint density at radius 3 is 2.00 bits per heavy atom. The number of primary amides is 1. The molecular weight excluding hydrogens is 340 g/mol. The third kappa shape index (κ3) is 10.7. The molecule has 0 saturated heterocycles. The summed E-state index contributed by atoms with van der Waals surface area (Å²) < 4.78 is 0. The fourth-order valence-corrected chi connectivity index (χ4v) is 3.00. The summed E-state index contributed by atoms with van der Waals surface area (Å²) in [6.45, 7) is 6.25. The molecule has 1 rings (SSSR count). The maximum atomic E-state index is 11.4. The van der Waals surface area contributed by atoms with Crippen molar-refractivity contribution in [3.8, 4) is 0 Å². The molecule has 0 radical (unpaired) electrons. The quantitative estimate of drug-likeness (QED) is 0.212. The second-order valence-corrected chi connectivity index (χ2v) is 7.14. The van der Waals surface area contributed by atoms with Gasteiger partial charge in [0.15, 0.2) is 5.69 Å². The van der Waals surface area contributed by atoms with Crippen molar-refractivity contribution in [2.45, 2.75) is 90.9 Å². The number of aromatic amines is 1. The molecule has 0 spiro atoms. The summed E-state index contributed by atoms with van der Waals surface area (Å²) in [5.41, 5.74) is 5.52. The Balaban J connectivity index is 2.46. The fraction of sp³-hybridized carbons (Fsp3) is 0.800. The van der Waals surface area contributed by atoms with Crippen LogP contribution in [0.5, 0.6) is 0 Å². The molecule has 0 fully saturated rings. The predicted octanol–water partition coefficient (Wildman–Crippen LogP) is 5.53. The van der Waals surface area contributed by atoms with Crippen LogP contribution in [-0.4, -0.2) is 34.0 Å². The lowest BCUT2D eigenvalue weighted by atomic mass is 10.1. The molecule has 7 heteroatoms. The number of amides is 1. The molecule has 0 unspecified atom stereocenters. The molecule has 1 aromatic heterocycles. The fourth-order valence-electron chi connectivity index (χ4n) is 3.00. The Morgan fingerprint density at radius 1 is 0.963 bits per heavy atom. The van der Waals surface area contributed by atoms with Crippen molar-refractivity contribution < 1.29 is 4.79 Å². The summed E-state index contributed by atoms with van der Waals surface area (Å²) in [6, 6.07) is 0. The van der Waals surface area contributed by atoms with E-state index in [1.54, 1.807) is 0 Å². The van der Waals surface area contributed by atoms with E-state index in [9.17, 15) is 4.79 Å². The average Bonchev–Trinajstić information content (AvgIpc) is 3.13. The zero-order valence-electron chi connectivity index (χ0n) is 17.3. The first-order valence-electron chi connectivity index (χ1n) is 10.7. The number of nitrogens with two attached hydrogens (primary N) is 1. The Labute approximate surface area is 164 Å². The number of carbonyl (C=O) groups excluding carboxylic acids is 1. The van der Waals surface area contributed by atoms with Gasteiger partial charge in [0.05, 0.1) is 6.33 Å². The highest BCUT2D eigenvalue weighted by Gasteiger charge is 2.11. The van der Waals surface area contributed by atoms with E-state index in [0.29, 0.717) is 0 Å². The summed E-state index contributed by atoms with van der Waals surface area (Å²) in [7, 11) is 0. The molecule has 0 atom stereocenters. The van der Waals surface area contributed by atoms with Crippen LogP contribution >= 0.6 is 0 Å². The van der Waals surface area contributed by atoms with Crippen LogP contribution in [0.3, 0.4) is 0 Å². The molecule has 0 saturated carbocycles. The Kier molecular flexibility index (Phi) is 13.0. The van der Waals surface area contributed by atoms with Crippen molar-refractivity contribution in [1.82, 2.24) is 15.0 Å². The molecule has 1 heterocycles. The van der Waals surface area contributed by atoms with Crippen LogP contribution < -0.4 is 5.73 Å². The second-order valence-electron chi connectivity index (χ2n) is 7.14. The number of H-pyrrole nitrogens is 1. The van der Waals surface area contributed by atoms with Crippen LogP contribution in [0, 0.1) is 0 Å². The van der Waals surface area contributed by atoms with E-state index in [-0.39, 0.29) is 11.5 Å². The lowest BCUT2D eigenvalue weighted by molar-refractivity contribution is 0.0996. The summed E-state index contributed by atoms with van der Waals surface area (Å²) in [5, 5.41) is 10.5. The van der Waals surface area contributed by atoms with Crippen molar-refractivity contribution in [3.05, 3.63) is 12.0 Å². The maximum Gasteiger partial charge on any atom is 0.269 e. The Morgan fingerprint density at radius 2 is 1.48 bits per heavy atom. The lowest BCUT2D eigenvalue weighted by Gasteiger charge is -2.17. The number of unbranched alkanes of at least 4 members (excludes halogenated alkanes) is 10. The minimum atomic E-state index is -0.570. The highest BCUT2D eigenvalue weighted by Crippen LogP contribution is 2.15. The largest absolute Gasteiger partial charge is 0.364 e. The SMILES string of the molecule is CCCCCCCCN(CCCCCCCC)N=Nc1nc[nH]c1C(N)=O. The summed E-state index contributed by atoms with van der Waals surface area (Å²) in [4.78, 5) is 18.1. The van der Waals surface area contributed by atoms with E-state index in [1.165, 1.54) is 70.5 Å². The first-order valence-corrected chi connectivity index (χ1v) is 10.7. The predicted molar refractivity (Wildman–Crippen MR) is 110 cm³/mol. The van der Waals surface area contributed by atoms with Crippen LogP contribution in [0.2, 0.25) is 0 Å². The number of hydrogen-bond acceptors (Lipinski definition) is 4. The van der Waals surface area contributed by atoms with Gasteiger partial charge in [-0.05, 0) is 12.8 Å². The highest BCUT2D eigenvalue weighted by atomic mass is 16.1. The van der Waals surface area contributed by atoms with E-state index in [4.69, 9.17) is 5.73 Å². The number of carbonyl (C=O) groups is 1. The highest BCUT2D eigenvalue weighted by molar-refractivity contribution is 5.94. The van der Waals surface area contributed by atoms with Crippen LogP contribution in [0.25, 0.3) is 0 Å². The smallest absolute Gasteiger partial charge is 0.269 e. The van der Waals surface area contributed by atoms with Gasteiger partial charge in [-0.3, -0.25) is 9.80 Å². The normalized spacial score (nSPS) is 11.3. The van der Waals surface area contributed by atoms with E-state index in [0.717, 1.165) is 25.9 Å². The number of hydrogen-bond donors (Lipinski definition) is 2. The monoisotopic (exact) mass is 378 g/mol. The Bertz CT molecular complexity index is 512. The molecular formula is C20H38N6O. The minimum Gasteiger partial charge on any atom is -0.364 e. The van der Waals surface area contributed by atoms with Crippen molar-refractivity contribution in [2.24, 2.45) is 16.1 Å². The van der Waals surface area contributed by atoms with Crippen LogP contribution in [0.4, 0.5) is 5.82 Å². The molecule has 154 valence electrons. The van der Waals surface area contributed by atoms with Gasteiger partial charge in [0, 0.05) is 13.1 Å². The van der Waals surface area contributed by atoms with Gasteiger partial charge in [0.2, 0.25) is 5.82 Å². The number of rotatable bonds is 17. The van der Waals surface area contributed by atoms with Crippen LogP contribution in [-0.2, 0) is 0 Å². The number of aromatic nitrogens is 2. The van der Waals surface area contributed by atoms with Gasteiger partial charge in [-0.2, -0.15) is 0 Å². The second kappa shape index (κ2) is 15.2. The molecule has 27 heavy (non-hydrogen) atoms. The molecule has 1 aromatic rings. The zero-order chi connectivity index (χ0) is 19.7. The molecule has 1 amide bonds. The first kappa shape index (κ1) is 23.1. The van der Waals surface area contributed by atoms with E-state index in [1.807, 2.05) is 5.01 Å². The van der Waals surface area contributed by atoms with Crippen molar-refractivity contribution >= 4 is 11.7 Å².